The van der Waals surface area contributed by atoms with Gasteiger partial charge in [0.25, 0.3) is 5.56 Å². The maximum Gasteiger partial charge on any atom is 0.332 e. The van der Waals surface area contributed by atoms with Crippen LogP contribution in [0.3, 0.4) is 0 Å². The minimum absolute atomic E-state index is 0.253. The van der Waals surface area contributed by atoms with Gasteiger partial charge in [-0.05, 0) is 42.9 Å². The summed E-state index contributed by atoms with van der Waals surface area (Å²) in [4.78, 5) is 34.0. The Balaban J connectivity index is 1.60. The minimum atomic E-state index is -0.335. The lowest BCUT2D eigenvalue weighted by atomic mass is 10.1. The minimum Gasteiger partial charge on any atom is -0.342 e. The van der Waals surface area contributed by atoms with Gasteiger partial charge in [0, 0.05) is 26.7 Å². The summed E-state index contributed by atoms with van der Waals surface area (Å²) in [5.74, 6) is 1.14. The van der Waals surface area contributed by atoms with Gasteiger partial charge in [-0.2, -0.15) is 4.98 Å². The van der Waals surface area contributed by atoms with Crippen LogP contribution in [-0.2, 0) is 26.6 Å². The summed E-state index contributed by atoms with van der Waals surface area (Å²) in [5, 5.41) is 0. The average Bonchev–Trinajstić information content (AvgIpc) is 3.21. The first kappa shape index (κ1) is 22.2. The Morgan fingerprint density at radius 1 is 1.03 bits per heavy atom. The van der Waals surface area contributed by atoms with Crippen molar-refractivity contribution in [3.05, 3.63) is 91.6 Å². The Labute approximate surface area is 198 Å². The highest BCUT2D eigenvalue weighted by molar-refractivity contribution is 5.75. The molecule has 7 nitrogen and oxygen atoms in total. The third kappa shape index (κ3) is 3.85. The normalized spacial score (nSPS) is 15.6. The van der Waals surface area contributed by atoms with Crippen molar-refractivity contribution in [2.75, 3.05) is 18.0 Å². The van der Waals surface area contributed by atoms with E-state index in [-0.39, 0.29) is 17.8 Å². The fourth-order valence-electron chi connectivity index (χ4n) is 4.98. The number of hydrogen-bond donors (Lipinski definition) is 0. The van der Waals surface area contributed by atoms with E-state index in [1.54, 1.807) is 7.05 Å². The zero-order valence-electron chi connectivity index (χ0n) is 20.3. The number of rotatable bonds is 5. The third-order valence-corrected chi connectivity index (χ3v) is 6.87. The van der Waals surface area contributed by atoms with Crippen molar-refractivity contribution in [2.45, 2.75) is 40.3 Å². The second-order valence-corrected chi connectivity index (χ2v) is 9.64. The highest BCUT2D eigenvalue weighted by Crippen LogP contribution is 2.27. The number of nitrogens with zero attached hydrogens (tertiary/aromatic N) is 5. The van der Waals surface area contributed by atoms with Gasteiger partial charge in [0.1, 0.15) is 0 Å². The van der Waals surface area contributed by atoms with Crippen molar-refractivity contribution >= 4 is 17.1 Å². The van der Waals surface area contributed by atoms with Gasteiger partial charge in [0.15, 0.2) is 11.2 Å². The molecule has 7 heteroatoms. The van der Waals surface area contributed by atoms with Gasteiger partial charge in [-0.1, -0.05) is 61.0 Å². The van der Waals surface area contributed by atoms with E-state index in [1.165, 1.54) is 14.7 Å². The van der Waals surface area contributed by atoms with Crippen LogP contribution in [0.2, 0.25) is 0 Å². The van der Waals surface area contributed by atoms with Gasteiger partial charge in [-0.15, -0.1) is 0 Å². The molecule has 0 unspecified atom stereocenters. The lowest BCUT2D eigenvalue weighted by Gasteiger charge is -2.33. The van der Waals surface area contributed by atoms with Crippen molar-refractivity contribution in [2.24, 2.45) is 13.0 Å². The zero-order valence-corrected chi connectivity index (χ0v) is 20.3. The summed E-state index contributed by atoms with van der Waals surface area (Å²) >= 11 is 0. The first-order chi connectivity index (χ1) is 16.3. The van der Waals surface area contributed by atoms with Gasteiger partial charge >= 0.3 is 5.69 Å². The highest BCUT2D eigenvalue weighted by Gasteiger charge is 2.29. The molecule has 0 N–H and O–H groups in total. The molecule has 34 heavy (non-hydrogen) atoms. The van der Waals surface area contributed by atoms with E-state index in [4.69, 9.17) is 4.98 Å². The van der Waals surface area contributed by atoms with E-state index >= 15 is 0 Å². The lowest BCUT2D eigenvalue weighted by Crippen LogP contribution is -2.41. The molecular formula is C27H31N5O2. The summed E-state index contributed by atoms with van der Waals surface area (Å²) in [6.07, 6.45) is 0.895. The molecule has 0 bridgehead atoms. The fourth-order valence-corrected chi connectivity index (χ4v) is 4.98. The van der Waals surface area contributed by atoms with Crippen LogP contribution in [0.15, 0.2) is 58.1 Å². The second-order valence-electron chi connectivity index (χ2n) is 9.64. The summed E-state index contributed by atoms with van der Waals surface area (Å²) in [5.41, 5.74) is 4.79. The predicted molar refractivity (Wildman–Crippen MR) is 136 cm³/mol. The highest BCUT2D eigenvalue weighted by atomic mass is 16.2. The largest absolute Gasteiger partial charge is 0.342 e. The molecule has 0 saturated carbocycles. The quantitative estimate of drug-likeness (QED) is 0.462. The van der Waals surface area contributed by atoms with Crippen LogP contribution in [0.4, 0.5) is 5.95 Å². The van der Waals surface area contributed by atoms with E-state index in [9.17, 15) is 9.59 Å². The van der Waals surface area contributed by atoms with Crippen molar-refractivity contribution in [3.63, 3.8) is 0 Å². The lowest BCUT2D eigenvalue weighted by molar-refractivity contribution is 0.437. The molecule has 1 atom stereocenters. The molecule has 0 radical (unpaired) electrons. The number of anilines is 1. The Morgan fingerprint density at radius 3 is 2.56 bits per heavy atom. The van der Waals surface area contributed by atoms with Gasteiger partial charge in [0.05, 0.1) is 6.54 Å². The SMILES string of the molecule is Cc1ccc(C)c(Cn2c(=O)c3c(nc4n3C[C@@H](C)CN4CCc3ccccc3)n(C)c2=O)c1. The van der Waals surface area contributed by atoms with Crippen LogP contribution >= 0.6 is 0 Å². The third-order valence-electron chi connectivity index (χ3n) is 6.87. The first-order valence-corrected chi connectivity index (χ1v) is 11.9. The molecule has 0 aliphatic carbocycles. The molecule has 0 saturated heterocycles. The maximum atomic E-state index is 13.7. The number of fused-ring (bicyclic) bond motifs is 3. The molecule has 3 heterocycles. The second kappa shape index (κ2) is 8.63. The van der Waals surface area contributed by atoms with Crippen LogP contribution < -0.4 is 16.1 Å². The van der Waals surface area contributed by atoms with Gasteiger partial charge in [0.2, 0.25) is 5.95 Å². The van der Waals surface area contributed by atoms with Crippen LogP contribution in [0.25, 0.3) is 11.2 Å². The summed E-state index contributed by atoms with van der Waals surface area (Å²) in [6.45, 7) is 8.87. The van der Waals surface area contributed by atoms with Crippen LogP contribution in [0.1, 0.15) is 29.2 Å². The van der Waals surface area contributed by atoms with Crippen LogP contribution in [0, 0.1) is 19.8 Å². The Morgan fingerprint density at radius 2 is 1.79 bits per heavy atom. The summed E-state index contributed by atoms with van der Waals surface area (Å²) in [7, 11) is 1.71. The predicted octanol–water partition coefficient (Wildman–Crippen LogP) is 3.26. The standard InChI is InChI=1S/C27H31N5O2/c1-18-10-11-20(3)22(14-18)17-32-25(33)23-24(29(4)27(32)34)28-26-30(15-19(2)16-31(23)26)13-12-21-8-6-5-7-9-21/h5-11,14,19H,12-13,15-17H2,1-4H3/t19-/m0/s1. The molecule has 5 rings (SSSR count). The van der Waals surface area contributed by atoms with Crippen molar-refractivity contribution in [3.8, 4) is 0 Å². The molecule has 2 aromatic heterocycles. The fraction of sp³-hybridized carbons (Fsp3) is 0.370. The number of imidazole rings is 1. The maximum absolute atomic E-state index is 13.7. The number of aromatic nitrogens is 4. The monoisotopic (exact) mass is 457 g/mol. The van der Waals surface area contributed by atoms with Crippen LogP contribution in [-0.4, -0.2) is 31.8 Å². The van der Waals surface area contributed by atoms with Crippen molar-refractivity contribution in [1.82, 2.24) is 18.7 Å². The Bertz CT molecular complexity index is 1480. The molecule has 0 spiro atoms. The molecule has 1 aliphatic heterocycles. The zero-order chi connectivity index (χ0) is 24.0. The van der Waals surface area contributed by atoms with Crippen molar-refractivity contribution < 1.29 is 0 Å². The molecule has 0 amide bonds. The Hall–Kier alpha value is -3.61. The summed E-state index contributed by atoms with van der Waals surface area (Å²) in [6, 6.07) is 16.5. The van der Waals surface area contributed by atoms with E-state index < -0.39 is 0 Å². The van der Waals surface area contributed by atoms with Crippen LogP contribution in [0.5, 0.6) is 0 Å². The molecule has 0 fully saturated rings. The first-order valence-electron chi connectivity index (χ1n) is 11.9. The van der Waals surface area contributed by atoms with E-state index in [1.807, 2.05) is 42.7 Å². The molecular weight excluding hydrogens is 426 g/mol. The average molecular weight is 458 g/mol. The van der Waals surface area contributed by atoms with Gasteiger partial charge in [-0.25, -0.2) is 4.79 Å². The topological polar surface area (TPSA) is 65.1 Å². The molecule has 2 aromatic carbocycles. The smallest absolute Gasteiger partial charge is 0.332 e. The van der Waals surface area contributed by atoms with Gasteiger partial charge in [-0.3, -0.25) is 13.9 Å². The summed E-state index contributed by atoms with van der Waals surface area (Å²) < 4.78 is 4.90. The van der Waals surface area contributed by atoms with E-state index in [0.29, 0.717) is 23.6 Å². The van der Waals surface area contributed by atoms with E-state index in [2.05, 4.69) is 36.1 Å². The number of aryl methyl sites for hydroxylation is 3. The number of hydrogen-bond acceptors (Lipinski definition) is 4. The van der Waals surface area contributed by atoms with Crippen molar-refractivity contribution in [1.29, 1.82) is 0 Å². The van der Waals surface area contributed by atoms with Gasteiger partial charge < -0.3 is 9.47 Å². The molecule has 176 valence electrons. The van der Waals surface area contributed by atoms with E-state index in [0.717, 1.165) is 42.1 Å². The Kier molecular flexibility index (Phi) is 5.63. The number of benzene rings is 2. The molecule has 1 aliphatic rings. The molecule has 4 aromatic rings.